The number of rotatable bonds is 4. The lowest BCUT2D eigenvalue weighted by Gasteiger charge is -2.14. The van der Waals surface area contributed by atoms with Gasteiger partial charge in [0, 0.05) is 49.2 Å². The van der Waals surface area contributed by atoms with Crippen LogP contribution in [0.5, 0.6) is 0 Å². The van der Waals surface area contributed by atoms with Crippen LogP contribution in [0.15, 0.2) is 186 Å². The van der Waals surface area contributed by atoms with Gasteiger partial charge < -0.3 is 4.42 Å². The van der Waals surface area contributed by atoms with Gasteiger partial charge in [-0.25, -0.2) is 4.98 Å². The van der Waals surface area contributed by atoms with Gasteiger partial charge in [0.05, 0.1) is 11.0 Å². The predicted octanol–water partition coefficient (Wildman–Crippen LogP) is 14.4. The number of para-hydroxylation sites is 2. The Morgan fingerprint density at radius 3 is 1.60 bits per heavy atom. The summed E-state index contributed by atoms with van der Waals surface area (Å²) in [6.45, 7) is 4.00. The Bertz CT molecular complexity index is 3470. The molecule has 274 valence electrons. The topological polar surface area (TPSA) is 56.7 Å². The molecule has 0 fully saturated rings. The summed E-state index contributed by atoms with van der Waals surface area (Å²) in [6, 6.07) is 63.6. The molecule has 0 atom stereocenters. The molecule has 0 aliphatic carbocycles. The monoisotopic (exact) mass is 744 g/mol. The smallest absolute Gasteiger partial charge is 0.238 e. The van der Waals surface area contributed by atoms with Crippen molar-refractivity contribution in [2.45, 2.75) is 13.8 Å². The molecule has 3 aromatic heterocycles. The Morgan fingerprint density at radius 2 is 0.914 bits per heavy atom. The number of furan rings is 1. The van der Waals surface area contributed by atoms with Crippen molar-refractivity contribution in [2.75, 3.05) is 0 Å². The van der Waals surface area contributed by atoms with Crippen molar-refractivity contribution in [1.82, 2.24) is 19.5 Å². The van der Waals surface area contributed by atoms with E-state index < -0.39 is 0 Å². The molecule has 0 spiro atoms. The van der Waals surface area contributed by atoms with Crippen LogP contribution in [0.3, 0.4) is 0 Å². The van der Waals surface area contributed by atoms with E-state index in [1.165, 1.54) is 26.9 Å². The number of benzene rings is 9. The van der Waals surface area contributed by atoms with Crippen molar-refractivity contribution < 1.29 is 4.42 Å². The molecule has 12 rings (SSSR count). The van der Waals surface area contributed by atoms with Crippen LogP contribution in [0.25, 0.3) is 116 Å². The van der Waals surface area contributed by atoms with Crippen molar-refractivity contribution in [1.29, 1.82) is 0 Å². The molecule has 0 N–H and O–H groups in total. The summed E-state index contributed by atoms with van der Waals surface area (Å²) < 4.78 is 9.14. The predicted molar refractivity (Wildman–Crippen MR) is 242 cm³/mol. The fourth-order valence-electron chi connectivity index (χ4n) is 8.82. The van der Waals surface area contributed by atoms with E-state index >= 15 is 0 Å². The fraction of sp³-hybridized carbons (Fsp3) is 0.0377. The molecule has 0 aliphatic rings. The number of nitrogens with zero attached hydrogens (tertiary/aromatic N) is 4. The summed E-state index contributed by atoms with van der Waals surface area (Å²) in [5.74, 6) is 1.77. The zero-order valence-electron chi connectivity index (χ0n) is 32.0. The number of hydrogen-bond acceptors (Lipinski definition) is 4. The van der Waals surface area contributed by atoms with Gasteiger partial charge in [-0.2, -0.15) is 9.97 Å². The summed E-state index contributed by atoms with van der Waals surface area (Å²) in [6.07, 6.45) is 0. The third kappa shape index (κ3) is 5.07. The Kier molecular flexibility index (Phi) is 7.86. The van der Waals surface area contributed by atoms with Gasteiger partial charge in [0.25, 0.3) is 0 Å². The maximum Gasteiger partial charge on any atom is 0.238 e. The third-order valence-electron chi connectivity index (χ3n) is 11.2. The highest BCUT2D eigenvalue weighted by atomic mass is 16.3. The lowest BCUT2D eigenvalue weighted by molar-refractivity contribution is 0.670. The van der Waals surface area contributed by atoms with Gasteiger partial charge in [-0.1, -0.05) is 190 Å². The first-order valence-electron chi connectivity index (χ1n) is 19.9. The minimum atomic E-state index is 0.549. The normalized spacial score (nSPS) is 11.6. The van der Waals surface area contributed by atoms with Gasteiger partial charge in [-0.15, -0.1) is 0 Å². The Hall–Kier alpha value is -7.63. The van der Waals surface area contributed by atoms with Crippen LogP contribution in [0, 0.1) is 0 Å². The highest BCUT2D eigenvalue weighted by Crippen LogP contribution is 2.47. The highest BCUT2D eigenvalue weighted by Gasteiger charge is 2.25. The van der Waals surface area contributed by atoms with Crippen molar-refractivity contribution in [3.05, 3.63) is 182 Å². The van der Waals surface area contributed by atoms with Crippen molar-refractivity contribution in [2.24, 2.45) is 0 Å². The second-order valence-corrected chi connectivity index (χ2v) is 14.3. The van der Waals surface area contributed by atoms with Crippen LogP contribution in [-0.2, 0) is 0 Å². The zero-order chi connectivity index (χ0) is 38.7. The number of fused-ring (bicyclic) bond motifs is 13. The molecule has 12 aromatic rings. The summed E-state index contributed by atoms with van der Waals surface area (Å²) in [5.41, 5.74) is 7.65. The van der Waals surface area contributed by atoms with Crippen LogP contribution in [0.1, 0.15) is 13.8 Å². The molecule has 0 bridgehead atoms. The maximum atomic E-state index is 6.86. The van der Waals surface area contributed by atoms with E-state index in [-0.39, 0.29) is 0 Å². The first-order chi connectivity index (χ1) is 28.8. The van der Waals surface area contributed by atoms with Gasteiger partial charge in [0.2, 0.25) is 5.95 Å². The second-order valence-electron chi connectivity index (χ2n) is 14.3. The van der Waals surface area contributed by atoms with E-state index in [2.05, 4.69) is 150 Å². The Balaban J connectivity index is 0.00000190. The van der Waals surface area contributed by atoms with Crippen molar-refractivity contribution >= 4 is 76.1 Å². The van der Waals surface area contributed by atoms with Crippen LogP contribution < -0.4 is 0 Å². The molecule has 5 nitrogen and oxygen atoms in total. The summed E-state index contributed by atoms with van der Waals surface area (Å²) in [5, 5.41) is 11.5. The van der Waals surface area contributed by atoms with Crippen LogP contribution >= 0.6 is 0 Å². The summed E-state index contributed by atoms with van der Waals surface area (Å²) in [7, 11) is 0. The number of hydrogen-bond donors (Lipinski definition) is 0. The van der Waals surface area contributed by atoms with Gasteiger partial charge in [-0.05, 0) is 33.0 Å². The lowest BCUT2D eigenvalue weighted by atomic mass is 9.95. The standard InChI is InChI=1S/C51H30N4O.C2H6/c1-3-16-32(17-4-1)49-52-50(33-18-5-2-6-19-33)54-51(53-49)55-46-39(40-26-14-28-42-44-34-20-8-7-15-31(34)29-30-43(44)56-48(40)42)25-13-27-41(46)45-37-23-11-9-21-35(37)36-22-10-12-24-38(36)47(45)55;1-2/h1-30H;1-2H3. The second kappa shape index (κ2) is 13.5. The number of aromatic nitrogens is 4. The van der Waals surface area contributed by atoms with Gasteiger partial charge in [0.1, 0.15) is 11.2 Å². The molecule has 0 unspecified atom stereocenters. The quantitative estimate of drug-likeness (QED) is 0.168. The molecule has 0 amide bonds. The first kappa shape index (κ1) is 33.7. The zero-order valence-corrected chi connectivity index (χ0v) is 32.0. The summed E-state index contributed by atoms with van der Waals surface area (Å²) >= 11 is 0. The van der Waals surface area contributed by atoms with Crippen LogP contribution in [0.2, 0.25) is 0 Å². The Labute approximate surface area is 334 Å². The molecule has 3 heterocycles. The van der Waals surface area contributed by atoms with E-state index in [1.54, 1.807) is 0 Å². The van der Waals surface area contributed by atoms with E-state index in [0.717, 1.165) is 71.4 Å². The molecule has 5 heteroatoms. The minimum absolute atomic E-state index is 0.549. The SMILES string of the molecule is CC.c1ccc(-c2nc(-c3ccccc3)nc(-n3c4c(-c5cccc6c5oc5ccc7ccccc7c56)cccc4c4c5ccccc5c5ccccc5c43)n2)cc1. The van der Waals surface area contributed by atoms with Crippen LogP contribution in [-0.4, -0.2) is 19.5 Å². The average molecular weight is 745 g/mol. The molecule has 0 saturated carbocycles. The fourth-order valence-corrected chi connectivity index (χ4v) is 8.82. The van der Waals surface area contributed by atoms with Gasteiger partial charge in [-0.3, -0.25) is 4.57 Å². The van der Waals surface area contributed by atoms with E-state index in [4.69, 9.17) is 19.4 Å². The molecular weight excluding hydrogens is 709 g/mol. The van der Waals surface area contributed by atoms with Crippen molar-refractivity contribution in [3.8, 4) is 39.9 Å². The Morgan fingerprint density at radius 1 is 0.379 bits per heavy atom. The van der Waals surface area contributed by atoms with Crippen LogP contribution in [0.4, 0.5) is 0 Å². The maximum absolute atomic E-state index is 6.86. The third-order valence-corrected chi connectivity index (χ3v) is 11.2. The summed E-state index contributed by atoms with van der Waals surface area (Å²) in [4.78, 5) is 15.8. The van der Waals surface area contributed by atoms with Crippen molar-refractivity contribution in [3.63, 3.8) is 0 Å². The molecule has 9 aromatic carbocycles. The molecule has 0 aliphatic heterocycles. The molecule has 0 saturated heterocycles. The highest BCUT2D eigenvalue weighted by molar-refractivity contribution is 6.33. The molecular formula is C53H36N4O. The minimum Gasteiger partial charge on any atom is -0.455 e. The van der Waals surface area contributed by atoms with Gasteiger partial charge >= 0.3 is 0 Å². The van der Waals surface area contributed by atoms with E-state index in [9.17, 15) is 0 Å². The molecule has 0 radical (unpaired) electrons. The lowest BCUT2D eigenvalue weighted by Crippen LogP contribution is -2.07. The average Bonchev–Trinajstić information content (AvgIpc) is 3.88. The van der Waals surface area contributed by atoms with E-state index in [1.807, 2.05) is 50.2 Å². The van der Waals surface area contributed by atoms with Gasteiger partial charge in [0.15, 0.2) is 11.6 Å². The first-order valence-corrected chi connectivity index (χ1v) is 19.9. The largest absolute Gasteiger partial charge is 0.455 e. The molecule has 58 heavy (non-hydrogen) atoms. The van der Waals surface area contributed by atoms with E-state index in [0.29, 0.717) is 17.6 Å².